The van der Waals surface area contributed by atoms with Crippen LogP contribution in [0, 0.1) is 15.5 Å². The smallest absolute Gasteiger partial charge is 0.270 e. The summed E-state index contributed by atoms with van der Waals surface area (Å²) >= 11 is 0. The second-order valence-corrected chi connectivity index (χ2v) is 10.1. The van der Waals surface area contributed by atoms with Crippen molar-refractivity contribution in [2.75, 3.05) is 13.2 Å². The molecule has 0 bridgehead atoms. The van der Waals surface area contributed by atoms with Crippen LogP contribution >= 0.6 is 0 Å². The van der Waals surface area contributed by atoms with Gasteiger partial charge in [0.2, 0.25) is 5.72 Å². The Bertz CT molecular complexity index is 1120. The van der Waals surface area contributed by atoms with Gasteiger partial charge >= 0.3 is 0 Å². The Hall–Kier alpha value is -2.94. The normalized spacial score (nSPS) is 27.0. The molecule has 4 rings (SSSR count). The van der Waals surface area contributed by atoms with Gasteiger partial charge in [-0.3, -0.25) is 10.1 Å². The van der Waals surface area contributed by atoms with Gasteiger partial charge < -0.3 is 25.2 Å². The molecule has 0 amide bonds. The molecule has 188 valence electrons. The van der Waals surface area contributed by atoms with Crippen molar-refractivity contribution in [1.29, 1.82) is 0 Å². The topological polar surface area (TPSA) is 111 Å². The molecule has 1 aliphatic carbocycles. The zero-order valence-corrected chi connectivity index (χ0v) is 20.9. The Labute approximate surface area is 206 Å². The van der Waals surface area contributed by atoms with Gasteiger partial charge in [-0.1, -0.05) is 18.2 Å². The number of hydrogen-bond acceptors (Lipinski definition) is 7. The number of nitro benzene ring substituents is 1. The number of allylic oxidation sites excluding steroid dienone is 2. The van der Waals surface area contributed by atoms with Gasteiger partial charge in [0.05, 0.1) is 15.9 Å². The maximum atomic E-state index is 11.3. The summed E-state index contributed by atoms with van der Waals surface area (Å²) in [4.78, 5) is 13.1. The van der Waals surface area contributed by atoms with Gasteiger partial charge in [0.25, 0.3) is 5.69 Å². The minimum Gasteiger partial charge on any atom is -0.463 e. The Kier molecular flexibility index (Phi) is 6.66. The van der Waals surface area contributed by atoms with Crippen LogP contribution in [0.3, 0.4) is 0 Å². The molecule has 0 radical (unpaired) electrons. The van der Waals surface area contributed by atoms with Crippen molar-refractivity contribution in [2.24, 2.45) is 11.1 Å². The summed E-state index contributed by atoms with van der Waals surface area (Å²) in [5.41, 5.74) is 7.45. The molecule has 3 aliphatic rings. The van der Waals surface area contributed by atoms with Crippen LogP contribution in [0.2, 0.25) is 0 Å². The summed E-state index contributed by atoms with van der Waals surface area (Å²) in [7, 11) is 0. The molecular formula is C27H35N3O5. The molecule has 2 aliphatic heterocycles. The number of unbranched alkanes of at least 4 members (excludes halogenated alkanes) is 1. The quantitative estimate of drug-likeness (QED) is 0.240. The lowest BCUT2D eigenvalue weighted by Crippen LogP contribution is -2.57. The van der Waals surface area contributed by atoms with E-state index in [4.69, 9.17) is 15.2 Å². The first kappa shape index (κ1) is 25.2. The number of nitrogens with zero attached hydrogens (tertiary/aromatic N) is 2. The number of aliphatic hydroxyl groups is 1. The van der Waals surface area contributed by atoms with E-state index in [-0.39, 0.29) is 5.69 Å². The van der Waals surface area contributed by atoms with Crippen LogP contribution in [0.5, 0.6) is 5.75 Å². The van der Waals surface area contributed by atoms with E-state index in [1.165, 1.54) is 12.1 Å². The summed E-state index contributed by atoms with van der Waals surface area (Å²) in [5, 5.41) is 21.2. The number of hydrogen-bond donors (Lipinski definition) is 2. The molecule has 2 heterocycles. The second kappa shape index (κ2) is 9.26. The van der Waals surface area contributed by atoms with E-state index >= 15 is 0 Å². The number of aliphatic hydroxyl groups excluding tert-OH is 1. The fourth-order valence-corrected chi connectivity index (χ4v) is 5.13. The standard InChI is InChI=1S/C27H35N3O5/c1-5-34-24(31)8-6-7-17-29-22-13-15-26(4,28)14-12-21(22)25(2,3)27(29)16-11-19-18-20(30(32)33)9-10-23(19)35-27/h9-16,18,24,31H,5-8,17,28H2,1-4H3. The zero-order chi connectivity index (χ0) is 25.4. The van der Waals surface area contributed by atoms with E-state index in [0.29, 0.717) is 30.9 Å². The highest BCUT2D eigenvalue weighted by molar-refractivity contribution is 5.66. The van der Waals surface area contributed by atoms with Gasteiger partial charge in [-0.25, -0.2) is 0 Å². The number of fused-ring (bicyclic) bond motifs is 1. The average Bonchev–Trinajstić information content (AvgIpc) is 2.88. The number of benzene rings is 1. The molecule has 1 aromatic carbocycles. The van der Waals surface area contributed by atoms with E-state index in [2.05, 4.69) is 30.9 Å². The third kappa shape index (κ3) is 4.53. The molecule has 8 heteroatoms. The largest absolute Gasteiger partial charge is 0.463 e. The van der Waals surface area contributed by atoms with Crippen molar-refractivity contribution in [2.45, 2.75) is 64.5 Å². The highest BCUT2D eigenvalue weighted by Crippen LogP contribution is 2.56. The molecule has 0 saturated carbocycles. The molecule has 3 atom stereocenters. The molecule has 3 unspecified atom stereocenters. The highest BCUT2D eigenvalue weighted by atomic mass is 16.6. The summed E-state index contributed by atoms with van der Waals surface area (Å²) in [5.74, 6) is 0.609. The van der Waals surface area contributed by atoms with E-state index in [1.54, 1.807) is 6.07 Å². The minimum atomic E-state index is -0.823. The Morgan fingerprint density at radius 1 is 1.17 bits per heavy atom. The lowest BCUT2D eigenvalue weighted by Gasteiger charge is -2.48. The molecule has 1 aromatic rings. The predicted molar refractivity (Wildman–Crippen MR) is 135 cm³/mol. The van der Waals surface area contributed by atoms with Crippen LogP contribution < -0.4 is 10.5 Å². The van der Waals surface area contributed by atoms with Crippen molar-refractivity contribution >= 4 is 11.8 Å². The zero-order valence-electron chi connectivity index (χ0n) is 20.9. The summed E-state index contributed by atoms with van der Waals surface area (Å²) in [6.07, 6.45) is 13.5. The Balaban J connectivity index is 1.69. The van der Waals surface area contributed by atoms with Gasteiger partial charge in [-0.2, -0.15) is 0 Å². The molecule has 8 nitrogen and oxygen atoms in total. The first-order chi connectivity index (χ1) is 16.5. The van der Waals surface area contributed by atoms with E-state index < -0.39 is 27.9 Å². The van der Waals surface area contributed by atoms with Gasteiger partial charge in [0.15, 0.2) is 6.29 Å². The molecule has 0 saturated heterocycles. The third-order valence-corrected chi connectivity index (χ3v) is 7.15. The SMILES string of the molecule is CCOC(O)CCCCN1C2=C(C=CC(C)(N)C=C2)C(C)(C)C12C=Cc1cc([N+](=O)[O-])ccc1O2. The van der Waals surface area contributed by atoms with Crippen LogP contribution in [0.4, 0.5) is 5.69 Å². The lowest BCUT2D eigenvalue weighted by atomic mass is 9.75. The van der Waals surface area contributed by atoms with Crippen molar-refractivity contribution in [3.8, 4) is 5.75 Å². The number of non-ortho nitro benzene ring substituents is 1. The molecule has 0 aromatic heterocycles. The maximum absolute atomic E-state index is 11.3. The van der Waals surface area contributed by atoms with Crippen LogP contribution in [-0.2, 0) is 4.74 Å². The lowest BCUT2D eigenvalue weighted by molar-refractivity contribution is -0.384. The fraction of sp³-hybridized carbons (Fsp3) is 0.481. The maximum Gasteiger partial charge on any atom is 0.270 e. The molecule has 35 heavy (non-hydrogen) atoms. The highest BCUT2D eigenvalue weighted by Gasteiger charge is 2.59. The Morgan fingerprint density at radius 3 is 2.63 bits per heavy atom. The fourth-order valence-electron chi connectivity index (χ4n) is 5.13. The molecular weight excluding hydrogens is 446 g/mol. The van der Waals surface area contributed by atoms with Crippen molar-refractivity contribution in [3.63, 3.8) is 0 Å². The van der Waals surface area contributed by atoms with E-state index in [1.807, 2.05) is 38.2 Å². The van der Waals surface area contributed by atoms with Crippen molar-refractivity contribution < 1.29 is 19.5 Å². The van der Waals surface area contributed by atoms with Gasteiger partial charge in [-0.05, 0) is 76.8 Å². The summed E-state index contributed by atoms with van der Waals surface area (Å²) in [6, 6.07) is 4.70. The predicted octanol–water partition coefficient (Wildman–Crippen LogP) is 4.66. The Morgan fingerprint density at radius 2 is 1.91 bits per heavy atom. The van der Waals surface area contributed by atoms with Crippen LogP contribution in [-0.4, -0.2) is 45.6 Å². The number of nitro groups is 1. The minimum absolute atomic E-state index is 0.0327. The second-order valence-electron chi connectivity index (χ2n) is 10.1. The molecule has 0 fully saturated rings. The first-order valence-corrected chi connectivity index (χ1v) is 12.2. The molecule has 3 N–H and O–H groups in total. The molecule has 1 spiro atoms. The number of rotatable bonds is 8. The van der Waals surface area contributed by atoms with E-state index in [0.717, 1.165) is 24.1 Å². The van der Waals surface area contributed by atoms with Crippen LogP contribution in [0.1, 0.15) is 52.5 Å². The first-order valence-electron chi connectivity index (χ1n) is 12.2. The van der Waals surface area contributed by atoms with Gasteiger partial charge in [-0.15, -0.1) is 0 Å². The van der Waals surface area contributed by atoms with Crippen LogP contribution in [0.15, 0.2) is 59.8 Å². The number of ether oxygens (including phenoxy) is 2. The summed E-state index contributed by atoms with van der Waals surface area (Å²) in [6.45, 7) is 9.30. The third-order valence-electron chi connectivity index (χ3n) is 7.15. The summed E-state index contributed by atoms with van der Waals surface area (Å²) < 4.78 is 12.0. The van der Waals surface area contributed by atoms with Crippen molar-refractivity contribution in [3.05, 3.63) is 75.5 Å². The van der Waals surface area contributed by atoms with Crippen molar-refractivity contribution in [1.82, 2.24) is 4.90 Å². The number of nitrogens with two attached hydrogens (primary N) is 1. The van der Waals surface area contributed by atoms with E-state index in [9.17, 15) is 15.2 Å². The van der Waals surface area contributed by atoms with Gasteiger partial charge in [0.1, 0.15) is 5.75 Å². The van der Waals surface area contributed by atoms with Crippen LogP contribution in [0.25, 0.3) is 6.08 Å². The monoisotopic (exact) mass is 481 g/mol. The van der Waals surface area contributed by atoms with Gasteiger partial charge in [0, 0.05) is 36.5 Å². The average molecular weight is 482 g/mol.